The molecule has 6 heteroatoms. The first-order valence-electron chi connectivity index (χ1n) is 9.30. The third kappa shape index (κ3) is 4.37. The van der Waals surface area contributed by atoms with Crippen LogP contribution in [0.25, 0.3) is 0 Å². The fraction of sp³-hybridized carbons (Fsp3) is 0.273. The van der Waals surface area contributed by atoms with E-state index in [1.165, 1.54) is 24.8 Å². The molecule has 1 amide bonds. The molecule has 0 saturated carbocycles. The summed E-state index contributed by atoms with van der Waals surface area (Å²) in [5.41, 5.74) is 2.66. The molecule has 0 radical (unpaired) electrons. The first-order valence-corrected chi connectivity index (χ1v) is 9.68. The number of hydrogen-bond donors (Lipinski definition) is 2. The summed E-state index contributed by atoms with van der Waals surface area (Å²) >= 11 is 6.29. The molecule has 1 aliphatic rings. The maximum Gasteiger partial charge on any atom is 0.335 e. The van der Waals surface area contributed by atoms with E-state index in [1.54, 1.807) is 12.1 Å². The van der Waals surface area contributed by atoms with Gasteiger partial charge in [-0.25, -0.2) is 4.79 Å². The van der Waals surface area contributed by atoms with Crippen molar-refractivity contribution in [3.63, 3.8) is 0 Å². The third-order valence-corrected chi connectivity index (χ3v) is 5.23. The molecule has 2 aromatic carbocycles. The number of carboxylic acids is 1. The van der Waals surface area contributed by atoms with Crippen molar-refractivity contribution in [2.24, 2.45) is 0 Å². The molecule has 1 heterocycles. The van der Waals surface area contributed by atoms with Gasteiger partial charge in [0.1, 0.15) is 0 Å². The SMILES string of the molecule is C=CNC(=O)C(c1ccc(C(=O)O)cc1)c1cc(Cl)ccc1N1CCCCC1. The van der Waals surface area contributed by atoms with Crippen LogP contribution in [0.5, 0.6) is 0 Å². The Morgan fingerprint density at radius 1 is 1.11 bits per heavy atom. The summed E-state index contributed by atoms with van der Waals surface area (Å²) in [6.45, 7) is 5.46. The third-order valence-electron chi connectivity index (χ3n) is 4.99. The van der Waals surface area contributed by atoms with Crippen LogP contribution in [-0.4, -0.2) is 30.1 Å². The lowest BCUT2D eigenvalue weighted by molar-refractivity contribution is -0.120. The molecular formula is C22H23ClN2O3. The summed E-state index contributed by atoms with van der Waals surface area (Å²) in [7, 11) is 0. The van der Waals surface area contributed by atoms with Crippen LogP contribution in [0.4, 0.5) is 5.69 Å². The normalized spacial score (nSPS) is 15.0. The van der Waals surface area contributed by atoms with E-state index >= 15 is 0 Å². The molecule has 28 heavy (non-hydrogen) atoms. The number of rotatable bonds is 6. The van der Waals surface area contributed by atoms with Gasteiger partial charge in [0.15, 0.2) is 0 Å². The van der Waals surface area contributed by atoms with Crippen molar-refractivity contribution in [3.05, 3.63) is 77.0 Å². The average molecular weight is 399 g/mol. The number of nitrogens with one attached hydrogen (secondary N) is 1. The Morgan fingerprint density at radius 3 is 2.39 bits per heavy atom. The first kappa shape index (κ1) is 20.0. The van der Waals surface area contributed by atoms with Crippen LogP contribution in [-0.2, 0) is 4.79 Å². The van der Waals surface area contributed by atoms with Crippen LogP contribution < -0.4 is 10.2 Å². The Labute approximate surface area is 169 Å². The van der Waals surface area contributed by atoms with E-state index in [-0.39, 0.29) is 11.5 Å². The van der Waals surface area contributed by atoms with Crippen molar-refractivity contribution < 1.29 is 14.7 Å². The second kappa shape index (κ2) is 8.93. The Kier molecular flexibility index (Phi) is 6.37. The van der Waals surface area contributed by atoms with Gasteiger partial charge >= 0.3 is 5.97 Å². The van der Waals surface area contributed by atoms with Crippen LogP contribution in [0.1, 0.15) is 46.7 Å². The number of anilines is 1. The zero-order chi connectivity index (χ0) is 20.1. The van der Waals surface area contributed by atoms with Gasteiger partial charge in [-0.2, -0.15) is 0 Å². The second-order valence-electron chi connectivity index (χ2n) is 6.82. The number of amides is 1. The van der Waals surface area contributed by atoms with Gasteiger partial charge in [0.2, 0.25) is 5.91 Å². The smallest absolute Gasteiger partial charge is 0.335 e. The number of hydrogen-bond acceptors (Lipinski definition) is 3. The van der Waals surface area contributed by atoms with Gasteiger partial charge < -0.3 is 15.3 Å². The van der Waals surface area contributed by atoms with Crippen molar-refractivity contribution in [2.75, 3.05) is 18.0 Å². The molecule has 146 valence electrons. The minimum Gasteiger partial charge on any atom is -0.478 e. The quantitative estimate of drug-likeness (QED) is 0.755. The number of halogens is 1. The number of aromatic carboxylic acids is 1. The van der Waals surface area contributed by atoms with Crippen molar-refractivity contribution in [3.8, 4) is 0 Å². The molecular weight excluding hydrogens is 376 g/mol. The van der Waals surface area contributed by atoms with Crippen molar-refractivity contribution >= 4 is 29.2 Å². The van der Waals surface area contributed by atoms with Crippen LogP contribution in [0, 0.1) is 0 Å². The van der Waals surface area contributed by atoms with Gasteiger partial charge in [-0.1, -0.05) is 30.3 Å². The maximum atomic E-state index is 12.9. The van der Waals surface area contributed by atoms with Crippen LogP contribution in [0.15, 0.2) is 55.2 Å². The summed E-state index contributed by atoms with van der Waals surface area (Å²) in [6, 6.07) is 12.0. The molecule has 1 fully saturated rings. The minimum atomic E-state index is -1.00. The lowest BCUT2D eigenvalue weighted by Crippen LogP contribution is -2.32. The Hall–Kier alpha value is -2.79. The standard InChI is InChI=1S/C22H23ClN2O3/c1-2-24-21(26)20(15-6-8-16(9-7-15)22(27)28)18-14-17(23)10-11-19(18)25-12-4-3-5-13-25/h2,6-11,14,20H,1,3-5,12-13H2,(H,24,26)(H,27,28). The summed E-state index contributed by atoms with van der Waals surface area (Å²) < 4.78 is 0. The molecule has 1 atom stereocenters. The number of carbonyl (C=O) groups is 2. The molecule has 2 N–H and O–H groups in total. The molecule has 0 bridgehead atoms. The maximum absolute atomic E-state index is 12.9. The number of benzene rings is 2. The Morgan fingerprint density at radius 2 is 1.79 bits per heavy atom. The number of nitrogens with zero attached hydrogens (tertiary/aromatic N) is 1. The number of piperidine rings is 1. The lowest BCUT2D eigenvalue weighted by atomic mass is 9.88. The molecule has 0 aliphatic carbocycles. The zero-order valence-electron chi connectivity index (χ0n) is 15.5. The molecule has 5 nitrogen and oxygen atoms in total. The highest BCUT2D eigenvalue weighted by Gasteiger charge is 2.27. The molecule has 1 saturated heterocycles. The fourth-order valence-corrected chi connectivity index (χ4v) is 3.83. The van der Waals surface area contributed by atoms with Crippen LogP contribution >= 0.6 is 11.6 Å². The predicted molar refractivity (Wildman–Crippen MR) is 111 cm³/mol. The summed E-state index contributed by atoms with van der Waals surface area (Å²) in [6.07, 6.45) is 4.78. The minimum absolute atomic E-state index is 0.175. The molecule has 3 rings (SSSR count). The fourth-order valence-electron chi connectivity index (χ4n) is 3.65. The van der Waals surface area contributed by atoms with Gasteiger partial charge in [0.25, 0.3) is 0 Å². The van der Waals surface area contributed by atoms with Gasteiger partial charge in [0, 0.05) is 23.8 Å². The van der Waals surface area contributed by atoms with E-state index < -0.39 is 11.9 Å². The van der Waals surface area contributed by atoms with Crippen molar-refractivity contribution in [1.29, 1.82) is 0 Å². The summed E-state index contributed by atoms with van der Waals surface area (Å²) in [4.78, 5) is 26.4. The molecule has 2 aromatic rings. The lowest BCUT2D eigenvalue weighted by Gasteiger charge is -2.32. The molecule has 0 aromatic heterocycles. The van der Waals surface area contributed by atoms with Gasteiger partial charge in [-0.3, -0.25) is 4.79 Å². The highest BCUT2D eigenvalue weighted by atomic mass is 35.5. The van der Waals surface area contributed by atoms with E-state index in [2.05, 4.69) is 16.8 Å². The number of carbonyl (C=O) groups excluding carboxylic acids is 1. The van der Waals surface area contributed by atoms with E-state index in [4.69, 9.17) is 16.7 Å². The first-order chi connectivity index (χ1) is 13.5. The van der Waals surface area contributed by atoms with Crippen molar-refractivity contribution in [1.82, 2.24) is 5.32 Å². The molecule has 1 unspecified atom stereocenters. The highest BCUT2D eigenvalue weighted by Crippen LogP contribution is 2.36. The van der Waals surface area contributed by atoms with Crippen LogP contribution in [0.2, 0.25) is 5.02 Å². The monoisotopic (exact) mass is 398 g/mol. The zero-order valence-corrected chi connectivity index (χ0v) is 16.3. The van der Waals surface area contributed by atoms with E-state index in [0.29, 0.717) is 10.6 Å². The van der Waals surface area contributed by atoms with Crippen LogP contribution in [0.3, 0.4) is 0 Å². The predicted octanol–water partition coefficient (Wildman–Crippen LogP) is 4.42. The summed E-state index contributed by atoms with van der Waals surface area (Å²) in [5.74, 6) is -1.87. The topological polar surface area (TPSA) is 69.6 Å². The van der Waals surface area contributed by atoms with Gasteiger partial charge in [-0.05, 0) is 66.9 Å². The largest absolute Gasteiger partial charge is 0.478 e. The second-order valence-corrected chi connectivity index (χ2v) is 7.26. The van der Waals surface area contributed by atoms with Crippen molar-refractivity contribution in [2.45, 2.75) is 25.2 Å². The summed E-state index contributed by atoms with van der Waals surface area (Å²) in [5, 5.41) is 12.4. The molecule has 0 spiro atoms. The van der Waals surface area contributed by atoms with E-state index in [0.717, 1.165) is 37.2 Å². The molecule has 1 aliphatic heterocycles. The van der Waals surface area contributed by atoms with Gasteiger partial charge in [0.05, 0.1) is 11.5 Å². The number of carboxylic acid groups (broad SMARTS) is 1. The average Bonchev–Trinajstić information content (AvgIpc) is 2.70. The van der Waals surface area contributed by atoms with E-state index in [1.807, 2.05) is 18.2 Å². The highest BCUT2D eigenvalue weighted by molar-refractivity contribution is 6.30. The Bertz CT molecular complexity index is 874. The van der Waals surface area contributed by atoms with E-state index in [9.17, 15) is 9.59 Å². The Balaban J connectivity index is 2.09. The van der Waals surface area contributed by atoms with Gasteiger partial charge in [-0.15, -0.1) is 0 Å².